The van der Waals surface area contributed by atoms with Gasteiger partial charge in [-0.3, -0.25) is 0 Å². The fourth-order valence-electron chi connectivity index (χ4n) is 7.03. The van der Waals surface area contributed by atoms with Gasteiger partial charge in [-0.15, -0.1) is 11.3 Å². The van der Waals surface area contributed by atoms with Crippen LogP contribution in [0.15, 0.2) is 158 Å². The van der Waals surface area contributed by atoms with Crippen molar-refractivity contribution in [2.45, 2.75) is 0 Å². The Morgan fingerprint density at radius 3 is 1.90 bits per heavy atom. The van der Waals surface area contributed by atoms with Crippen LogP contribution in [0.4, 0.5) is 0 Å². The molecule has 0 aliphatic rings. The highest BCUT2D eigenvalue weighted by atomic mass is 32.1. The molecule has 0 saturated heterocycles. The van der Waals surface area contributed by atoms with Crippen LogP contribution in [-0.2, 0) is 0 Å². The number of rotatable bonds is 4. The third-order valence-corrected chi connectivity index (χ3v) is 10.5. The molecule has 0 spiro atoms. The molecule has 11 rings (SSSR count). The lowest BCUT2D eigenvalue weighted by Crippen LogP contribution is -2.00. The number of fused-ring (bicyclic) bond motifs is 10. The Morgan fingerprint density at radius 2 is 1.12 bits per heavy atom. The molecule has 232 valence electrons. The van der Waals surface area contributed by atoms with Crippen molar-refractivity contribution < 1.29 is 11.0 Å². The van der Waals surface area contributed by atoms with E-state index in [2.05, 4.69) is 0 Å². The molecule has 0 aliphatic heterocycles. The van der Waals surface area contributed by atoms with Gasteiger partial charge in [-0.25, -0.2) is 15.0 Å². The molecule has 4 nitrogen and oxygen atoms in total. The van der Waals surface area contributed by atoms with Crippen LogP contribution >= 0.6 is 11.3 Å². The van der Waals surface area contributed by atoms with Crippen molar-refractivity contribution in [1.29, 1.82) is 0 Å². The second kappa shape index (κ2) is 10.5. The van der Waals surface area contributed by atoms with E-state index in [0.717, 1.165) is 21.2 Å². The van der Waals surface area contributed by atoms with E-state index in [4.69, 9.17) is 20.4 Å². The Kier molecular flexibility index (Phi) is 4.39. The van der Waals surface area contributed by atoms with Gasteiger partial charge < -0.3 is 4.40 Å². The van der Waals surface area contributed by atoms with Crippen molar-refractivity contribution in [3.8, 4) is 45.3 Å². The lowest BCUT2D eigenvalue weighted by atomic mass is 9.99. The van der Waals surface area contributed by atoms with Crippen molar-refractivity contribution in [1.82, 2.24) is 19.4 Å². The van der Waals surface area contributed by atoms with Crippen molar-refractivity contribution in [3.05, 3.63) is 158 Å². The molecule has 11 aromatic rings. The molecule has 0 unspecified atom stereocenters. The number of hydrogen-bond acceptors (Lipinski definition) is 4. The second-order valence-electron chi connectivity index (χ2n) is 12.2. The largest absolute Gasteiger partial charge is 0.308 e. The van der Waals surface area contributed by atoms with Crippen LogP contribution in [0.3, 0.4) is 0 Å². The zero-order valence-corrected chi connectivity index (χ0v) is 26.9. The lowest BCUT2D eigenvalue weighted by Gasteiger charge is -2.10. The van der Waals surface area contributed by atoms with E-state index in [1.807, 2.05) is 97.1 Å². The average molecular weight is 663 g/mol. The summed E-state index contributed by atoms with van der Waals surface area (Å²) in [5, 5.41) is 2.92. The number of para-hydroxylation sites is 1. The fraction of sp³-hybridized carbons (Fsp3) is 0. The van der Waals surface area contributed by atoms with Crippen LogP contribution in [0.25, 0.3) is 104 Å². The van der Waals surface area contributed by atoms with E-state index in [0.29, 0.717) is 60.4 Å². The summed E-state index contributed by atoms with van der Waals surface area (Å²) < 4.78 is 77.3. The van der Waals surface area contributed by atoms with Crippen molar-refractivity contribution in [2.75, 3.05) is 0 Å². The predicted molar refractivity (Wildman–Crippen MR) is 209 cm³/mol. The molecule has 0 saturated carbocycles. The number of benzene rings is 7. The van der Waals surface area contributed by atoms with Gasteiger partial charge in [0.25, 0.3) is 0 Å². The number of thiophene rings is 1. The van der Waals surface area contributed by atoms with Gasteiger partial charge >= 0.3 is 0 Å². The van der Waals surface area contributed by atoms with Crippen LogP contribution in [0, 0.1) is 0 Å². The van der Waals surface area contributed by atoms with Crippen LogP contribution in [0.1, 0.15) is 11.0 Å². The number of nitrogens with zero attached hydrogens (tertiary/aromatic N) is 4. The Labute approximate surface area is 302 Å². The Bertz CT molecular complexity index is 3490. The van der Waals surface area contributed by atoms with Gasteiger partial charge in [0, 0.05) is 58.4 Å². The first-order valence-electron chi connectivity index (χ1n) is 20.1. The molecule has 0 amide bonds. The topological polar surface area (TPSA) is 43.1 Å². The second-order valence-corrected chi connectivity index (χ2v) is 13.2. The Hall–Kier alpha value is -6.43. The van der Waals surface area contributed by atoms with Gasteiger partial charge in [-0.2, -0.15) is 0 Å². The van der Waals surface area contributed by atoms with Crippen molar-refractivity contribution >= 4 is 69.6 Å². The van der Waals surface area contributed by atoms with Gasteiger partial charge in [-0.1, -0.05) is 121 Å². The van der Waals surface area contributed by atoms with E-state index in [9.17, 15) is 5.48 Å². The SMILES string of the molecule is [2H]c1c([2H])c([2H])c2c(c1[2H])c1c3sc4ccccc4c3c([2H])c3c4c([2H])c(-c5cccc(-c6nc(-c7ccccc7)nc(-c7ccccc7)n6)c5)c([2H])c([2H])c4n2c31. The highest BCUT2D eigenvalue weighted by Crippen LogP contribution is 2.48. The summed E-state index contributed by atoms with van der Waals surface area (Å²) in [6.45, 7) is 0. The summed E-state index contributed by atoms with van der Waals surface area (Å²) in [4.78, 5) is 14.6. The van der Waals surface area contributed by atoms with Crippen LogP contribution in [-0.4, -0.2) is 19.4 Å². The standard InChI is InChI=1S/C45H26N4S/c1-3-12-27(13-4-1)43-46-44(28-14-5-2-6-15-28)48-45(47-43)31-17-11-16-29(24-31)30-22-23-38-34(25-30)35-26-36-32-18-8-10-21-39(32)50-42(36)40-33-19-7-9-20-37(33)49(38)41(35)40/h1-26H/i7D,9D,19D,20D,22D,23D,25D,26D. The van der Waals surface area contributed by atoms with Gasteiger partial charge in [-0.05, 0) is 47.4 Å². The summed E-state index contributed by atoms with van der Waals surface area (Å²) in [7, 11) is 0. The molecule has 0 bridgehead atoms. The molecule has 0 N–H and O–H groups in total. The zero-order valence-electron chi connectivity index (χ0n) is 34.1. The fourth-order valence-corrected chi connectivity index (χ4v) is 8.24. The lowest BCUT2D eigenvalue weighted by molar-refractivity contribution is 1.07. The van der Waals surface area contributed by atoms with Crippen LogP contribution < -0.4 is 0 Å². The Balaban J connectivity index is 1.23. The number of hydrogen-bond donors (Lipinski definition) is 0. The van der Waals surface area contributed by atoms with Crippen molar-refractivity contribution in [3.63, 3.8) is 0 Å². The predicted octanol–water partition coefficient (Wildman–Crippen LogP) is 12.1. The van der Waals surface area contributed by atoms with Gasteiger partial charge in [0.2, 0.25) is 0 Å². The van der Waals surface area contributed by atoms with Crippen molar-refractivity contribution in [2.24, 2.45) is 0 Å². The highest BCUT2D eigenvalue weighted by Gasteiger charge is 2.22. The minimum atomic E-state index is -0.424. The molecule has 0 aliphatic carbocycles. The summed E-state index contributed by atoms with van der Waals surface area (Å²) in [5.74, 6) is 1.36. The maximum atomic E-state index is 9.87. The van der Waals surface area contributed by atoms with Gasteiger partial charge in [0.05, 0.1) is 27.5 Å². The smallest absolute Gasteiger partial charge is 0.164 e. The minimum Gasteiger partial charge on any atom is -0.308 e. The minimum absolute atomic E-state index is 0.0647. The third-order valence-electron chi connectivity index (χ3n) is 9.29. The maximum absolute atomic E-state index is 9.87. The molecule has 4 aromatic heterocycles. The summed E-state index contributed by atoms with van der Waals surface area (Å²) in [6, 6.07) is 32.5. The van der Waals surface area contributed by atoms with E-state index >= 15 is 0 Å². The molecular formula is C45H26N4S. The first-order valence-corrected chi connectivity index (χ1v) is 17.0. The van der Waals surface area contributed by atoms with E-state index in [1.165, 1.54) is 11.3 Å². The third kappa shape index (κ3) is 4.01. The maximum Gasteiger partial charge on any atom is 0.164 e. The van der Waals surface area contributed by atoms with Crippen LogP contribution in [0.5, 0.6) is 0 Å². The first kappa shape index (κ1) is 20.8. The molecule has 50 heavy (non-hydrogen) atoms. The normalized spacial score (nSPS) is 14.2. The molecule has 0 fully saturated rings. The monoisotopic (exact) mass is 662 g/mol. The summed E-state index contributed by atoms with van der Waals surface area (Å²) >= 11 is 1.45. The molecule has 7 aromatic carbocycles. The Morgan fingerprint density at radius 1 is 0.480 bits per heavy atom. The zero-order chi connectivity index (χ0) is 39.7. The molecule has 0 radical (unpaired) electrons. The highest BCUT2D eigenvalue weighted by molar-refractivity contribution is 7.26. The quantitative estimate of drug-likeness (QED) is 0.188. The van der Waals surface area contributed by atoms with Gasteiger partial charge in [0.1, 0.15) is 0 Å². The van der Waals surface area contributed by atoms with E-state index in [1.54, 1.807) is 16.5 Å². The van der Waals surface area contributed by atoms with Gasteiger partial charge in [0.15, 0.2) is 17.5 Å². The summed E-state index contributed by atoms with van der Waals surface area (Å²) in [6.07, 6.45) is 0. The first-order chi connectivity index (χ1) is 28.1. The summed E-state index contributed by atoms with van der Waals surface area (Å²) in [5.41, 5.74) is 3.67. The van der Waals surface area contributed by atoms with E-state index < -0.39 is 6.04 Å². The average Bonchev–Trinajstić information content (AvgIpc) is 3.93. The molecule has 0 atom stereocenters. The molecule has 4 heterocycles. The molecule has 5 heteroatoms. The molecular weight excluding hydrogens is 629 g/mol. The van der Waals surface area contributed by atoms with Crippen LogP contribution in [0.2, 0.25) is 0 Å². The van der Waals surface area contributed by atoms with E-state index in [-0.39, 0.29) is 64.3 Å². The number of aromatic nitrogens is 4.